The molecule has 0 aliphatic heterocycles. The highest BCUT2D eigenvalue weighted by atomic mass is 16.1. The minimum absolute atomic E-state index is 0. The van der Waals surface area contributed by atoms with Crippen molar-refractivity contribution < 1.29 is 6.22 Å². The van der Waals surface area contributed by atoms with Crippen LogP contribution >= 0.6 is 0 Å². The summed E-state index contributed by atoms with van der Waals surface area (Å²) in [6.45, 7) is 9.29. The van der Waals surface area contributed by atoms with Crippen molar-refractivity contribution in [2.75, 3.05) is 6.54 Å². The smallest absolute Gasteiger partial charge is 0.223 e. The molecule has 2 nitrogen and oxygen atoms in total. The maximum absolute atomic E-state index is 11.7. The van der Waals surface area contributed by atoms with Gasteiger partial charge < -0.3 is 5.32 Å². The summed E-state index contributed by atoms with van der Waals surface area (Å²) in [5.74, 6) is 1.43. The summed E-state index contributed by atoms with van der Waals surface area (Å²) in [5, 5.41) is 3.03. The molecule has 1 aliphatic carbocycles. The third kappa shape index (κ3) is 6.14. The molecule has 0 bridgehead atoms. The number of unbranched alkanes of at least 4 members (excludes halogenated alkanes) is 1. The van der Waals surface area contributed by atoms with Gasteiger partial charge in [0.2, 0.25) is 5.91 Å². The van der Waals surface area contributed by atoms with Gasteiger partial charge in [0, 0.05) is 13.9 Å². The fourth-order valence-corrected chi connectivity index (χ4v) is 2.05. The minimum Gasteiger partial charge on any atom is -0.356 e. The summed E-state index contributed by atoms with van der Waals surface area (Å²) in [4.78, 5) is 11.7. The van der Waals surface area contributed by atoms with E-state index in [9.17, 15) is 4.79 Å². The number of hydrogen-bond acceptors (Lipinski definition) is 1. The highest BCUT2D eigenvalue weighted by Gasteiger charge is 2.23. The lowest BCUT2D eigenvalue weighted by Crippen LogP contribution is -2.33. The fourth-order valence-electron chi connectivity index (χ4n) is 2.05. The van der Waals surface area contributed by atoms with Crippen LogP contribution in [0.4, 0.5) is 0 Å². The van der Waals surface area contributed by atoms with Crippen LogP contribution in [0.5, 0.6) is 0 Å². The van der Waals surface area contributed by atoms with Gasteiger partial charge in [0.15, 0.2) is 0 Å². The number of nitrogens with one attached hydrogen (secondary N) is 1. The van der Waals surface area contributed by atoms with Crippen molar-refractivity contribution in [3.63, 3.8) is 0 Å². The van der Waals surface area contributed by atoms with E-state index in [0.717, 1.165) is 38.1 Å². The number of rotatable bonds is 4. The molecule has 1 amide bonds. The van der Waals surface area contributed by atoms with Crippen LogP contribution in [0.3, 0.4) is 0 Å². The van der Waals surface area contributed by atoms with Crippen molar-refractivity contribution >= 4 is 5.91 Å². The average Bonchev–Trinajstić information content (AvgIpc) is 2.33. The first-order valence-electron chi connectivity index (χ1n) is 7.01. The zero-order valence-electron chi connectivity index (χ0n) is 11.5. The Morgan fingerprint density at radius 1 is 1.25 bits per heavy atom. The normalized spacial score (nSPS) is 24.2. The van der Waals surface area contributed by atoms with E-state index in [1.165, 1.54) is 12.8 Å². The summed E-state index contributed by atoms with van der Waals surface area (Å²) in [5.41, 5.74) is 0. The van der Waals surface area contributed by atoms with E-state index >= 15 is 0 Å². The molecule has 0 aromatic rings. The number of carbonyl (C=O) groups excluding carboxylic acids is 1. The molecule has 0 heterocycles. The Balaban J connectivity index is 0. The van der Waals surface area contributed by atoms with Crippen molar-refractivity contribution in [1.29, 1.82) is 0 Å². The highest BCUT2D eigenvalue weighted by Crippen LogP contribution is 2.28. The Morgan fingerprint density at radius 2 is 1.81 bits per heavy atom. The van der Waals surface area contributed by atoms with Crippen LogP contribution in [0.15, 0.2) is 0 Å². The first-order chi connectivity index (χ1) is 7.74. The Morgan fingerprint density at radius 3 is 2.31 bits per heavy atom. The number of amides is 1. The Labute approximate surface area is 103 Å². The van der Waals surface area contributed by atoms with E-state index < -0.39 is 0 Å². The van der Waals surface area contributed by atoms with Gasteiger partial charge in [-0.15, -0.1) is 0 Å². The van der Waals surface area contributed by atoms with E-state index in [1.54, 1.807) is 0 Å². The Bertz CT molecular complexity index is 177. The Kier molecular flexibility index (Phi) is 9.36. The van der Waals surface area contributed by atoms with Crippen LogP contribution in [0.2, 0.25) is 0 Å². The van der Waals surface area contributed by atoms with Crippen LogP contribution < -0.4 is 5.32 Å². The Hall–Kier alpha value is -0.530. The molecule has 1 aliphatic rings. The minimum atomic E-state index is 0. The van der Waals surface area contributed by atoms with E-state index in [0.29, 0.717) is 11.8 Å². The highest BCUT2D eigenvalue weighted by molar-refractivity contribution is 5.78. The zero-order valence-corrected chi connectivity index (χ0v) is 11.5. The van der Waals surface area contributed by atoms with E-state index in [-0.39, 0.29) is 1.43 Å². The lowest BCUT2D eigenvalue weighted by molar-refractivity contribution is -0.126. The first kappa shape index (κ1) is 15.5. The van der Waals surface area contributed by atoms with Crippen molar-refractivity contribution in [1.82, 2.24) is 5.32 Å². The van der Waals surface area contributed by atoms with Crippen LogP contribution in [-0.4, -0.2) is 12.5 Å². The molecule has 2 heteroatoms. The van der Waals surface area contributed by atoms with E-state index in [1.807, 2.05) is 13.8 Å². The summed E-state index contributed by atoms with van der Waals surface area (Å²) in [6.07, 6.45) is 6.91. The molecule has 16 heavy (non-hydrogen) atoms. The maximum atomic E-state index is 11.7. The third-order valence-electron chi connectivity index (χ3n) is 3.22. The average molecular weight is 229 g/mol. The van der Waals surface area contributed by atoms with Gasteiger partial charge in [-0.05, 0) is 38.0 Å². The molecule has 1 fully saturated rings. The van der Waals surface area contributed by atoms with Crippen LogP contribution in [-0.2, 0) is 4.79 Å². The van der Waals surface area contributed by atoms with Gasteiger partial charge in [-0.1, -0.05) is 34.1 Å². The summed E-state index contributed by atoms with van der Waals surface area (Å²) < 4.78 is 0. The lowest BCUT2D eigenvalue weighted by Gasteiger charge is -2.25. The summed E-state index contributed by atoms with van der Waals surface area (Å²) in [7, 11) is 0. The van der Waals surface area contributed by atoms with Gasteiger partial charge in [0.05, 0.1) is 0 Å². The van der Waals surface area contributed by atoms with Crippen LogP contribution in [0, 0.1) is 11.8 Å². The summed E-state index contributed by atoms with van der Waals surface area (Å²) >= 11 is 0. The lowest BCUT2D eigenvalue weighted by atomic mass is 9.82. The van der Waals surface area contributed by atoms with Crippen LogP contribution in [0.1, 0.15) is 67.6 Å². The molecule has 0 aromatic heterocycles. The molecule has 1 N–H and O–H groups in total. The molecular weight excluding hydrogens is 198 g/mol. The molecule has 0 radical (unpaired) electrons. The second-order valence-electron chi connectivity index (χ2n) is 4.60. The largest absolute Gasteiger partial charge is 0.356 e. The molecule has 0 unspecified atom stereocenters. The van der Waals surface area contributed by atoms with E-state index in [4.69, 9.17) is 0 Å². The topological polar surface area (TPSA) is 29.1 Å². The van der Waals surface area contributed by atoms with Crippen molar-refractivity contribution in [2.24, 2.45) is 11.8 Å². The second kappa shape index (κ2) is 9.68. The monoisotopic (exact) mass is 229 g/mol. The van der Waals surface area contributed by atoms with Crippen molar-refractivity contribution in [2.45, 2.75) is 66.2 Å². The zero-order chi connectivity index (χ0) is 12.4. The van der Waals surface area contributed by atoms with Gasteiger partial charge >= 0.3 is 0 Å². The predicted octanol–water partition coefficient (Wildman–Crippen LogP) is 4.00. The van der Waals surface area contributed by atoms with Crippen LogP contribution in [0.25, 0.3) is 0 Å². The maximum Gasteiger partial charge on any atom is 0.223 e. The summed E-state index contributed by atoms with van der Waals surface area (Å²) in [6, 6.07) is 0. The predicted molar refractivity (Wildman–Crippen MR) is 72.5 cm³/mol. The number of carbonyl (C=O) groups is 1. The van der Waals surface area contributed by atoms with Crippen molar-refractivity contribution in [3.8, 4) is 0 Å². The molecule has 0 atom stereocenters. The van der Waals surface area contributed by atoms with Gasteiger partial charge in [0.1, 0.15) is 0 Å². The molecule has 0 spiro atoms. The first-order valence-corrected chi connectivity index (χ1v) is 7.01. The fraction of sp³-hybridized carbons (Fsp3) is 0.929. The van der Waals surface area contributed by atoms with Gasteiger partial charge in [-0.2, -0.15) is 0 Å². The molecule has 1 saturated carbocycles. The van der Waals surface area contributed by atoms with Gasteiger partial charge in [-0.25, -0.2) is 0 Å². The molecule has 0 aromatic carbocycles. The van der Waals surface area contributed by atoms with Crippen molar-refractivity contribution in [3.05, 3.63) is 0 Å². The van der Waals surface area contributed by atoms with E-state index in [2.05, 4.69) is 19.2 Å². The molecule has 1 rings (SSSR count). The SMILES string of the molecule is CC.CCCCNC(=O)C1CCC(C)CC1.[HH]. The standard InChI is InChI=1S/C12H23NO.C2H6.H2/c1-3-4-9-13-12(14)11-7-5-10(2)6-8-11;1-2;/h10-11H,3-9H2,1-2H3,(H,13,14);1-2H3;1H. The second-order valence-corrected chi connectivity index (χ2v) is 4.60. The molecule has 0 saturated heterocycles. The van der Waals surface area contributed by atoms with Gasteiger partial charge in [-0.3, -0.25) is 4.79 Å². The number of hydrogen-bond donors (Lipinski definition) is 1. The molecule has 98 valence electrons. The molecular formula is C14H31NO. The quantitative estimate of drug-likeness (QED) is 0.725. The van der Waals surface area contributed by atoms with Gasteiger partial charge in [0.25, 0.3) is 0 Å². The third-order valence-corrected chi connectivity index (χ3v) is 3.22.